The van der Waals surface area contributed by atoms with Crippen LogP contribution in [0.5, 0.6) is 5.75 Å². The highest BCUT2D eigenvalue weighted by atomic mass is 35.5. The van der Waals surface area contributed by atoms with Crippen LogP contribution in [0.1, 0.15) is 23.3 Å². The monoisotopic (exact) mass is 415 g/mol. The maximum atomic E-state index is 12.4. The second kappa shape index (κ2) is 12.2. The molecular weight excluding hydrogens is 391 g/mol. The fourth-order valence-corrected chi connectivity index (χ4v) is 2.82. The Bertz CT molecular complexity index is 542. The summed E-state index contributed by atoms with van der Waals surface area (Å²) in [6, 6.07) is 3.00. The SMILES string of the molecule is COCC1(CNC(=O)c2ncccc2OCC(F)F)CCNCC1.Cl.Cl. The first-order valence-corrected chi connectivity index (χ1v) is 7.90. The zero-order chi connectivity index (χ0) is 17.4. The van der Waals surface area contributed by atoms with Crippen molar-refractivity contribution in [2.45, 2.75) is 19.3 Å². The minimum absolute atomic E-state index is 0. The van der Waals surface area contributed by atoms with Gasteiger partial charge in [0.2, 0.25) is 0 Å². The lowest BCUT2D eigenvalue weighted by molar-refractivity contribution is 0.0508. The highest BCUT2D eigenvalue weighted by molar-refractivity contribution is 5.94. The molecule has 1 fully saturated rings. The molecule has 0 atom stereocenters. The van der Waals surface area contributed by atoms with E-state index in [0.717, 1.165) is 25.9 Å². The van der Waals surface area contributed by atoms with Gasteiger partial charge in [-0.15, -0.1) is 24.8 Å². The third-order valence-corrected chi connectivity index (χ3v) is 4.09. The van der Waals surface area contributed by atoms with Gasteiger partial charge in [0, 0.05) is 25.3 Å². The zero-order valence-corrected chi connectivity index (χ0v) is 16.1. The molecule has 26 heavy (non-hydrogen) atoms. The lowest BCUT2D eigenvalue weighted by Crippen LogP contribution is -2.47. The lowest BCUT2D eigenvalue weighted by Gasteiger charge is -2.37. The van der Waals surface area contributed by atoms with Gasteiger partial charge in [0.1, 0.15) is 6.61 Å². The molecule has 1 aliphatic rings. The number of piperidine rings is 1. The molecule has 150 valence electrons. The smallest absolute Gasteiger partial charge is 0.273 e. The largest absolute Gasteiger partial charge is 0.485 e. The fourth-order valence-electron chi connectivity index (χ4n) is 2.82. The molecule has 2 rings (SSSR count). The van der Waals surface area contributed by atoms with Gasteiger partial charge < -0.3 is 20.1 Å². The summed E-state index contributed by atoms with van der Waals surface area (Å²) in [6.07, 6.45) is 0.594. The first-order valence-electron chi connectivity index (χ1n) is 7.90. The molecule has 0 saturated carbocycles. The Morgan fingerprint density at radius 2 is 2.08 bits per heavy atom. The minimum Gasteiger partial charge on any atom is -0.485 e. The summed E-state index contributed by atoms with van der Waals surface area (Å²) in [5.74, 6) is -0.379. The number of aromatic nitrogens is 1. The second-order valence-electron chi connectivity index (χ2n) is 5.92. The highest BCUT2D eigenvalue weighted by Gasteiger charge is 2.33. The Labute approximate surface area is 164 Å². The molecule has 10 heteroatoms. The summed E-state index contributed by atoms with van der Waals surface area (Å²) in [4.78, 5) is 16.4. The summed E-state index contributed by atoms with van der Waals surface area (Å²) in [5, 5.41) is 6.13. The number of amides is 1. The number of alkyl halides is 2. The van der Waals surface area contributed by atoms with Gasteiger partial charge in [-0.3, -0.25) is 4.79 Å². The van der Waals surface area contributed by atoms with Gasteiger partial charge in [-0.1, -0.05) is 0 Å². The standard InChI is InChI=1S/C16H23F2N3O3.2ClH/c1-23-11-16(4-7-19-8-5-16)10-21-15(22)14-12(3-2-6-20-14)24-9-13(17)18;;/h2-3,6,13,19H,4-5,7-11H2,1H3,(H,21,22);2*1H. The average molecular weight is 416 g/mol. The van der Waals surface area contributed by atoms with E-state index in [1.807, 2.05) is 0 Å². The van der Waals surface area contributed by atoms with Crippen molar-refractivity contribution in [2.75, 3.05) is 40.0 Å². The van der Waals surface area contributed by atoms with Gasteiger partial charge in [-0.25, -0.2) is 13.8 Å². The van der Waals surface area contributed by atoms with Gasteiger partial charge in [0.15, 0.2) is 11.4 Å². The van der Waals surface area contributed by atoms with Crippen molar-refractivity contribution in [1.82, 2.24) is 15.6 Å². The van der Waals surface area contributed by atoms with Crippen LogP contribution >= 0.6 is 24.8 Å². The first-order chi connectivity index (χ1) is 11.6. The highest BCUT2D eigenvalue weighted by Crippen LogP contribution is 2.28. The van der Waals surface area contributed by atoms with Crippen molar-refractivity contribution in [3.05, 3.63) is 24.0 Å². The molecule has 1 aromatic heterocycles. The molecule has 1 aromatic rings. The van der Waals surface area contributed by atoms with E-state index < -0.39 is 18.9 Å². The second-order valence-corrected chi connectivity index (χ2v) is 5.92. The van der Waals surface area contributed by atoms with Crippen LogP contribution in [0.25, 0.3) is 0 Å². The van der Waals surface area contributed by atoms with Crippen LogP contribution in [0, 0.1) is 5.41 Å². The van der Waals surface area contributed by atoms with E-state index in [4.69, 9.17) is 9.47 Å². The molecule has 0 radical (unpaired) electrons. The Morgan fingerprint density at radius 3 is 2.69 bits per heavy atom. The van der Waals surface area contributed by atoms with Crippen LogP contribution in [0.4, 0.5) is 8.78 Å². The summed E-state index contributed by atoms with van der Waals surface area (Å²) < 4.78 is 34.9. The van der Waals surface area contributed by atoms with Crippen LogP contribution in [0.3, 0.4) is 0 Å². The van der Waals surface area contributed by atoms with Gasteiger partial charge in [0.05, 0.1) is 6.61 Å². The fraction of sp³-hybridized carbons (Fsp3) is 0.625. The van der Waals surface area contributed by atoms with Gasteiger partial charge in [0.25, 0.3) is 12.3 Å². The number of hydrogen-bond donors (Lipinski definition) is 2. The Balaban J connectivity index is 0.00000312. The topological polar surface area (TPSA) is 72.5 Å². The van der Waals surface area contributed by atoms with Crippen molar-refractivity contribution in [1.29, 1.82) is 0 Å². The number of carbonyl (C=O) groups excluding carboxylic acids is 1. The number of carbonyl (C=O) groups is 1. The predicted molar refractivity (Wildman–Crippen MR) is 99.0 cm³/mol. The molecule has 0 aliphatic carbocycles. The van der Waals surface area contributed by atoms with Crippen molar-refractivity contribution < 1.29 is 23.0 Å². The number of rotatable bonds is 8. The molecule has 2 N–H and O–H groups in total. The summed E-state index contributed by atoms with van der Waals surface area (Å²) in [7, 11) is 1.64. The molecular formula is C16H25Cl2F2N3O3. The predicted octanol–water partition coefficient (Wildman–Crippen LogP) is 2.32. The van der Waals surface area contributed by atoms with E-state index in [2.05, 4.69) is 15.6 Å². The van der Waals surface area contributed by atoms with E-state index in [9.17, 15) is 13.6 Å². The van der Waals surface area contributed by atoms with E-state index in [1.165, 1.54) is 18.3 Å². The normalized spacial score (nSPS) is 15.5. The number of halogens is 4. The molecule has 1 amide bonds. The number of methoxy groups -OCH3 is 1. The zero-order valence-electron chi connectivity index (χ0n) is 14.5. The molecule has 6 nitrogen and oxygen atoms in total. The van der Waals surface area contributed by atoms with Crippen molar-refractivity contribution in [3.63, 3.8) is 0 Å². The quantitative estimate of drug-likeness (QED) is 0.681. The number of hydrogen-bond acceptors (Lipinski definition) is 5. The Hall–Kier alpha value is -1.22. The third-order valence-electron chi connectivity index (χ3n) is 4.09. The van der Waals surface area contributed by atoms with Crippen LogP contribution < -0.4 is 15.4 Å². The maximum Gasteiger partial charge on any atom is 0.273 e. The molecule has 1 saturated heterocycles. The Morgan fingerprint density at radius 1 is 1.38 bits per heavy atom. The number of nitrogens with zero attached hydrogens (tertiary/aromatic N) is 1. The number of pyridine rings is 1. The number of ether oxygens (including phenoxy) is 2. The number of nitrogens with one attached hydrogen (secondary N) is 2. The first kappa shape index (κ1) is 24.8. The van der Waals surface area contributed by atoms with E-state index in [0.29, 0.717) is 13.2 Å². The van der Waals surface area contributed by atoms with Crippen molar-refractivity contribution >= 4 is 30.7 Å². The maximum absolute atomic E-state index is 12.4. The van der Waals surface area contributed by atoms with Crippen LogP contribution in [0.15, 0.2) is 18.3 Å². The molecule has 0 spiro atoms. The van der Waals surface area contributed by atoms with Gasteiger partial charge in [-0.05, 0) is 38.1 Å². The lowest BCUT2D eigenvalue weighted by atomic mass is 9.79. The average Bonchev–Trinajstić information content (AvgIpc) is 2.59. The van der Waals surface area contributed by atoms with Gasteiger partial charge >= 0.3 is 0 Å². The molecule has 0 unspecified atom stereocenters. The molecule has 2 heterocycles. The van der Waals surface area contributed by atoms with Crippen LogP contribution in [0.2, 0.25) is 0 Å². The van der Waals surface area contributed by atoms with E-state index >= 15 is 0 Å². The summed E-state index contributed by atoms with van der Waals surface area (Å²) in [5.41, 5.74) is -0.117. The van der Waals surface area contributed by atoms with Gasteiger partial charge in [-0.2, -0.15) is 0 Å². The summed E-state index contributed by atoms with van der Waals surface area (Å²) >= 11 is 0. The van der Waals surface area contributed by atoms with E-state index in [-0.39, 0.29) is 41.7 Å². The van der Waals surface area contributed by atoms with Crippen molar-refractivity contribution in [3.8, 4) is 5.75 Å². The minimum atomic E-state index is -2.61. The van der Waals surface area contributed by atoms with E-state index in [1.54, 1.807) is 7.11 Å². The van der Waals surface area contributed by atoms with Crippen LogP contribution in [-0.2, 0) is 4.74 Å². The van der Waals surface area contributed by atoms with Crippen molar-refractivity contribution in [2.24, 2.45) is 5.41 Å². The van der Waals surface area contributed by atoms with Crippen LogP contribution in [-0.4, -0.2) is 57.3 Å². The Kier molecular flexibility index (Phi) is 11.6. The molecule has 1 aliphatic heterocycles. The molecule has 0 aromatic carbocycles. The summed E-state index contributed by atoms with van der Waals surface area (Å²) in [6.45, 7) is 1.94. The molecule has 0 bridgehead atoms. The third kappa shape index (κ3) is 7.19.